The number of morpholine rings is 1. The number of fused-ring (bicyclic) bond motifs is 1. The summed E-state index contributed by atoms with van der Waals surface area (Å²) in [6, 6.07) is 1.36. The maximum atomic E-state index is 5.93. The molecule has 1 saturated carbocycles. The smallest absolute Gasteiger partial charge is 0.0731 e. The fourth-order valence-corrected chi connectivity index (χ4v) is 3.53. The minimum absolute atomic E-state index is 0.520. The Morgan fingerprint density at radius 2 is 2.17 bits per heavy atom. The van der Waals surface area contributed by atoms with Crippen LogP contribution in [0.2, 0.25) is 0 Å². The Bertz CT molecular complexity index is 245. The molecule has 2 fully saturated rings. The zero-order valence-corrected chi connectivity index (χ0v) is 12.3. The first-order valence-electron chi connectivity index (χ1n) is 7.82. The van der Waals surface area contributed by atoms with E-state index in [4.69, 9.17) is 4.74 Å². The van der Waals surface area contributed by atoms with Crippen LogP contribution in [0.1, 0.15) is 46.5 Å². The fraction of sp³-hybridized carbons (Fsp3) is 1.00. The average Bonchev–Trinajstić information content (AvgIpc) is 2.82. The number of rotatable bonds is 6. The van der Waals surface area contributed by atoms with Gasteiger partial charge in [-0.05, 0) is 38.1 Å². The molecule has 3 heteroatoms. The van der Waals surface area contributed by atoms with Crippen LogP contribution in [-0.4, -0.2) is 49.3 Å². The molecule has 1 saturated heterocycles. The van der Waals surface area contributed by atoms with Crippen molar-refractivity contribution in [1.82, 2.24) is 10.2 Å². The van der Waals surface area contributed by atoms with Crippen molar-refractivity contribution in [2.75, 3.05) is 26.2 Å². The van der Waals surface area contributed by atoms with Crippen LogP contribution in [0.25, 0.3) is 0 Å². The van der Waals surface area contributed by atoms with E-state index in [9.17, 15) is 0 Å². The Hall–Kier alpha value is -0.120. The van der Waals surface area contributed by atoms with Crippen molar-refractivity contribution in [3.05, 3.63) is 0 Å². The van der Waals surface area contributed by atoms with Crippen LogP contribution in [0.3, 0.4) is 0 Å². The van der Waals surface area contributed by atoms with Gasteiger partial charge in [0.1, 0.15) is 0 Å². The van der Waals surface area contributed by atoms with Crippen LogP contribution in [0.5, 0.6) is 0 Å². The lowest BCUT2D eigenvalue weighted by Crippen LogP contribution is -2.57. The van der Waals surface area contributed by atoms with Crippen molar-refractivity contribution < 1.29 is 4.74 Å². The highest BCUT2D eigenvalue weighted by Crippen LogP contribution is 2.32. The van der Waals surface area contributed by atoms with Crippen molar-refractivity contribution in [3.63, 3.8) is 0 Å². The molecule has 1 aliphatic carbocycles. The number of ether oxygens (including phenoxy) is 1. The molecule has 0 spiro atoms. The van der Waals surface area contributed by atoms with Gasteiger partial charge in [0.15, 0.2) is 0 Å². The average molecular weight is 254 g/mol. The largest absolute Gasteiger partial charge is 0.375 e. The van der Waals surface area contributed by atoms with Crippen LogP contribution in [0, 0.1) is 5.92 Å². The molecule has 1 heterocycles. The second-order valence-electron chi connectivity index (χ2n) is 6.16. The predicted molar refractivity (Wildman–Crippen MR) is 75.9 cm³/mol. The highest BCUT2D eigenvalue weighted by Gasteiger charge is 2.39. The van der Waals surface area contributed by atoms with Crippen LogP contribution < -0.4 is 5.32 Å². The highest BCUT2D eigenvalue weighted by atomic mass is 16.5. The van der Waals surface area contributed by atoms with Gasteiger partial charge in [-0.3, -0.25) is 4.90 Å². The van der Waals surface area contributed by atoms with Crippen molar-refractivity contribution in [2.24, 2.45) is 5.92 Å². The summed E-state index contributed by atoms with van der Waals surface area (Å²) >= 11 is 0. The van der Waals surface area contributed by atoms with Gasteiger partial charge in [0.2, 0.25) is 0 Å². The van der Waals surface area contributed by atoms with Crippen LogP contribution in [-0.2, 0) is 4.74 Å². The van der Waals surface area contributed by atoms with Crippen LogP contribution >= 0.6 is 0 Å². The van der Waals surface area contributed by atoms with E-state index in [1.165, 1.54) is 25.7 Å². The standard InChI is InChI=1S/C15H30N2O/c1-4-8-16-11-14(12(2)3)17-9-10-18-15-7-5-6-13(15)17/h12-16H,4-11H2,1-3H3. The molecule has 2 aliphatic rings. The summed E-state index contributed by atoms with van der Waals surface area (Å²) in [4.78, 5) is 2.74. The van der Waals surface area contributed by atoms with E-state index in [-0.39, 0.29) is 0 Å². The number of nitrogens with one attached hydrogen (secondary N) is 1. The van der Waals surface area contributed by atoms with E-state index < -0.39 is 0 Å². The van der Waals surface area contributed by atoms with Crippen molar-refractivity contribution in [1.29, 1.82) is 0 Å². The van der Waals surface area contributed by atoms with Gasteiger partial charge in [0.05, 0.1) is 12.7 Å². The van der Waals surface area contributed by atoms with Crippen LogP contribution in [0.15, 0.2) is 0 Å². The Balaban J connectivity index is 1.95. The molecule has 0 bridgehead atoms. The molecule has 3 atom stereocenters. The molecule has 3 unspecified atom stereocenters. The molecule has 1 aliphatic heterocycles. The molecule has 0 aromatic rings. The zero-order chi connectivity index (χ0) is 13.0. The Labute approximate surface area is 112 Å². The van der Waals surface area contributed by atoms with Crippen molar-refractivity contribution in [2.45, 2.75) is 64.6 Å². The van der Waals surface area contributed by atoms with E-state index in [1.54, 1.807) is 0 Å². The van der Waals surface area contributed by atoms with Gasteiger partial charge < -0.3 is 10.1 Å². The second-order valence-corrected chi connectivity index (χ2v) is 6.16. The maximum Gasteiger partial charge on any atom is 0.0731 e. The molecule has 18 heavy (non-hydrogen) atoms. The number of hydrogen-bond donors (Lipinski definition) is 1. The van der Waals surface area contributed by atoms with E-state index >= 15 is 0 Å². The SMILES string of the molecule is CCCNCC(C(C)C)N1CCOC2CCCC21. The number of hydrogen-bond acceptors (Lipinski definition) is 3. The van der Waals surface area contributed by atoms with E-state index in [0.717, 1.165) is 26.2 Å². The summed E-state index contributed by atoms with van der Waals surface area (Å²) in [5.74, 6) is 0.716. The van der Waals surface area contributed by atoms with Gasteiger partial charge >= 0.3 is 0 Å². The lowest BCUT2D eigenvalue weighted by atomic mass is 9.98. The molecular formula is C15H30N2O. The van der Waals surface area contributed by atoms with Gasteiger partial charge in [0.25, 0.3) is 0 Å². The van der Waals surface area contributed by atoms with Crippen molar-refractivity contribution in [3.8, 4) is 0 Å². The topological polar surface area (TPSA) is 24.5 Å². The van der Waals surface area contributed by atoms with Gasteiger partial charge in [-0.1, -0.05) is 20.8 Å². The second kappa shape index (κ2) is 6.88. The summed E-state index contributed by atoms with van der Waals surface area (Å²) in [5.41, 5.74) is 0. The molecule has 106 valence electrons. The predicted octanol–water partition coefficient (Wildman–Crippen LogP) is 2.26. The van der Waals surface area contributed by atoms with Crippen molar-refractivity contribution >= 4 is 0 Å². The molecule has 2 rings (SSSR count). The molecule has 1 N–H and O–H groups in total. The minimum atomic E-state index is 0.520. The third kappa shape index (κ3) is 3.25. The van der Waals surface area contributed by atoms with Gasteiger partial charge in [-0.15, -0.1) is 0 Å². The first-order chi connectivity index (χ1) is 8.74. The molecule has 3 nitrogen and oxygen atoms in total. The van der Waals surface area contributed by atoms with Gasteiger partial charge in [-0.25, -0.2) is 0 Å². The normalized spacial score (nSPS) is 30.7. The molecular weight excluding hydrogens is 224 g/mol. The Morgan fingerprint density at radius 3 is 2.89 bits per heavy atom. The highest BCUT2D eigenvalue weighted by molar-refractivity contribution is 4.93. The van der Waals surface area contributed by atoms with E-state index in [0.29, 0.717) is 24.1 Å². The first kappa shape index (κ1) is 14.3. The molecule has 0 aromatic heterocycles. The van der Waals surface area contributed by atoms with E-state index in [2.05, 4.69) is 31.0 Å². The van der Waals surface area contributed by atoms with E-state index in [1.807, 2.05) is 0 Å². The number of nitrogens with zero attached hydrogens (tertiary/aromatic N) is 1. The monoisotopic (exact) mass is 254 g/mol. The molecule has 0 radical (unpaired) electrons. The minimum Gasteiger partial charge on any atom is -0.375 e. The Kier molecular flexibility index (Phi) is 5.46. The lowest BCUT2D eigenvalue weighted by Gasteiger charge is -2.44. The third-order valence-electron chi connectivity index (χ3n) is 4.50. The van der Waals surface area contributed by atoms with Gasteiger partial charge in [-0.2, -0.15) is 0 Å². The summed E-state index contributed by atoms with van der Waals surface area (Å²) in [5, 5.41) is 3.61. The summed E-state index contributed by atoms with van der Waals surface area (Å²) in [6.07, 6.45) is 5.70. The van der Waals surface area contributed by atoms with Crippen LogP contribution in [0.4, 0.5) is 0 Å². The summed E-state index contributed by atoms with van der Waals surface area (Å²) in [6.45, 7) is 11.3. The lowest BCUT2D eigenvalue weighted by molar-refractivity contribution is -0.0778. The molecule has 0 aromatic carbocycles. The maximum absolute atomic E-state index is 5.93. The molecule has 0 amide bonds. The summed E-state index contributed by atoms with van der Waals surface area (Å²) in [7, 11) is 0. The Morgan fingerprint density at radius 1 is 1.33 bits per heavy atom. The quantitative estimate of drug-likeness (QED) is 0.736. The zero-order valence-electron chi connectivity index (χ0n) is 12.3. The third-order valence-corrected chi connectivity index (χ3v) is 4.50. The first-order valence-corrected chi connectivity index (χ1v) is 7.82. The fourth-order valence-electron chi connectivity index (χ4n) is 3.53. The van der Waals surface area contributed by atoms with Gasteiger partial charge in [0, 0.05) is 25.2 Å². The summed E-state index contributed by atoms with van der Waals surface area (Å²) < 4.78 is 5.93.